The number of allylic oxidation sites excluding steroid dienone is 16. The molecule has 0 bridgehead atoms. The van der Waals surface area contributed by atoms with Gasteiger partial charge in [-0.25, -0.2) is 0 Å². The van der Waals surface area contributed by atoms with Crippen molar-refractivity contribution < 1.29 is 0 Å². The lowest BCUT2D eigenvalue weighted by Gasteiger charge is -2.42. The summed E-state index contributed by atoms with van der Waals surface area (Å²) in [6, 6.07) is 15.9. The molecule has 0 amide bonds. The van der Waals surface area contributed by atoms with Crippen molar-refractivity contribution in [1.29, 1.82) is 0 Å². The van der Waals surface area contributed by atoms with Gasteiger partial charge in [0.15, 0.2) is 0 Å². The highest BCUT2D eigenvalue weighted by Gasteiger charge is 2.43. The van der Waals surface area contributed by atoms with Crippen LogP contribution in [-0.4, -0.2) is 5.25 Å². The summed E-state index contributed by atoms with van der Waals surface area (Å²) in [5, 5.41) is 3.14. The molecule has 0 aromatic heterocycles. The third-order valence-electron chi connectivity index (χ3n) is 9.28. The lowest BCUT2D eigenvalue weighted by molar-refractivity contribution is 0.595. The summed E-state index contributed by atoms with van der Waals surface area (Å²) >= 11 is 2.12. The predicted octanol–water partition coefficient (Wildman–Crippen LogP) is 9.69. The van der Waals surface area contributed by atoms with Gasteiger partial charge in [0, 0.05) is 27.9 Å². The molecule has 8 rings (SSSR count). The molecule has 1 heteroatoms. The van der Waals surface area contributed by atoms with Crippen molar-refractivity contribution in [2.75, 3.05) is 0 Å². The molecule has 5 unspecified atom stereocenters. The van der Waals surface area contributed by atoms with Crippen molar-refractivity contribution in [2.45, 2.75) is 31.4 Å². The van der Waals surface area contributed by atoms with Crippen LogP contribution in [0.25, 0.3) is 16.3 Å². The maximum Gasteiger partial charge on any atom is 0.0448 e. The first kappa shape index (κ1) is 22.7. The van der Waals surface area contributed by atoms with Crippen molar-refractivity contribution in [3.63, 3.8) is 0 Å². The highest BCUT2D eigenvalue weighted by Crippen LogP contribution is 2.57. The summed E-state index contributed by atoms with van der Waals surface area (Å²) in [4.78, 5) is 1.53. The van der Waals surface area contributed by atoms with Crippen molar-refractivity contribution in [3.8, 4) is 0 Å². The molecule has 5 aliphatic carbocycles. The van der Waals surface area contributed by atoms with Gasteiger partial charge >= 0.3 is 0 Å². The molecular formula is C37H32S. The van der Waals surface area contributed by atoms with E-state index in [1.54, 1.807) is 22.3 Å². The highest BCUT2D eigenvalue weighted by molar-refractivity contribution is 8.04. The minimum atomic E-state index is 0.354. The third-order valence-corrected chi connectivity index (χ3v) is 10.7. The summed E-state index contributed by atoms with van der Waals surface area (Å²) in [6.45, 7) is 2.38. The number of hydrogen-bond acceptors (Lipinski definition) is 1. The van der Waals surface area contributed by atoms with Crippen molar-refractivity contribution in [2.24, 2.45) is 23.7 Å². The zero-order valence-electron chi connectivity index (χ0n) is 21.8. The van der Waals surface area contributed by atoms with E-state index in [0.29, 0.717) is 28.9 Å². The molecule has 0 fully saturated rings. The Labute approximate surface area is 230 Å². The second kappa shape index (κ2) is 8.89. The molecule has 38 heavy (non-hydrogen) atoms. The first-order chi connectivity index (χ1) is 18.8. The Hall–Kier alpha value is -3.29. The van der Waals surface area contributed by atoms with Gasteiger partial charge in [0.2, 0.25) is 0 Å². The molecule has 0 spiro atoms. The zero-order chi connectivity index (χ0) is 25.2. The fraction of sp³-hybridized carbons (Fsp3) is 0.243. The van der Waals surface area contributed by atoms with Gasteiger partial charge in [-0.3, -0.25) is 0 Å². The highest BCUT2D eigenvalue weighted by atomic mass is 32.2. The first-order valence-corrected chi connectivity index (χ1v) is 15.1. The molecule has 186 valence electrons. The Morgan fingerprint density at radius 2 is 1.61 bits per heavy atom. The first-order valence-electron chi connectivity index (χ1n) is 14.2. The summed E-state index contributed by atoms with van der Waals surface area (Å²) in [5.41, 5.74) is 10.8. The van der Waals surface area contributed by atoms with Gasteiger partial charge in [0.05, 0.1) is 0 Å². The van der Waals surface area contributed by atoms with E-state index in [-0.39, 0.29) is 0 Å². The fourth-order valence-corrected chi connectivity index (χ4v) is 9.14. The van der Waals surface area contributed by atoms with Crippen molar-refractivity contribution in [1.82, 2.24) is 0 Å². The van der Waals surface area contributed by atoms with Crippen LogP contribution in [0.5, 0.6) is 0 Å². The molecule has 2 aromatic rings. The van der Waals surface area contributed by atoms with Crippen LogP contribution in [0, 0.1) is 23.7 Å². The number of hydrogen-bond donors (Lipinski definition) is 0. The second-order valence-corrected chi connectivity index (χ2v) is 12.7. The van der Waals surface area contributed by atoms with Crippen LogP contribution in [0.4, 0.5) is 0 Å². The van der Waals surface area contributed by atoms with E-state index in [9.17, 15) is 0 Å². The summed E-state index contributed by atoms with van der Waals surface area (Å²) in [5.74, 6) is 1.83. The second-order valence-electron chi connectivity index (χ2n) is 11.5. The van der Waals surface area contributed by atoms with E-state index in [2.05, 4.69) is 128 Å². The van der Waals surface area contributed by atoms with Crippen LogP contribution in [-0.2, 0) is 0 Å². The van der Waals surface area contributed by atoms with Gasteiger partial charge in [-0.05, 0) is 81.0 Å². The van der Waals surface area contributed by atoms with Crippen molar-refractivity contribution in [3.05, 3.63) is 148 Å². The zero-order valence-corrected chi connectivity index (χ0v) is 22.6. The summed E-state index contributed by atoms with van der Waals surface area (Å²) in [7, 11) is 0. The molecule has 2 aromatic carbocycles. The van der Waals surface area contributed by atoms with E-state index < -0.39 is 0 Å². The van der Waals surface area contributed by atoms with Crippen LogP contribution in [0.3, 0.4) is 0 Å². The SMILES string of the molecule is CC1C=CC2=C(c3ccc4ccccc4c3)C3C=CC=CC3C(C3=CC=CC4C5=C(C=CCC5)SC34)=C2C1. The van der Waals surface area contributed by atoms with Crippen LogP contribution < -0.4 is 0 Å². The van der Waals surface area contributed by atoms with Crippen LogP contribution in [0.15, 0.2) is 142 Å². The smallest absolute Gasteiger partial charge is 0.0448 e. The Morgan fingerprint density at radius 1 is 0.789 bits per heavy atom. The average molecular weight is 509 g/mol. The van der Waals surface area contributed by atoms with Crippen molar-refractivity contribution >= 4 is 28.1 Å². The summed E-state index contributed by atoms with van der Waals surface area (Å²) in [6.07, 6.45) is 30.0. The minimum absolute atomic E-state index is 0.354. The topological polar surface area (TPSA) is 0 Å². The lowest BCUT2D eigenvalue weighted by atomic mass is 9.63. The van der Waals surface area contributed by atoms with E-state index in [1.165, 1.54) is 45.2 Å². The van der Waals surface area contributed by atoms with E-state index >= 15 is 0 Å². The maximum absolute atomic E-state index is 2.49. The predicted molar refractivity (Wildman–Crippen MR) is 164 cm³/mol. The quantitative estimate of drug-likeness (QED) is 0.389. The van der Waals surface area contributed by atoms with Crippen LogP contribution in [0.1, 0.15) is 31.7 Å². The molecule has 6 aliphatic rings. The van der Waals surface area contributed by atoms with E-state index in [0.717, 1.165) is 6.42 Å². The number of benzene rings is 2. The standard InChI is InChI=1S/C37H32S/c1-23-17-20-30-33(21-23)36(32-15-8-14-31-27-11-6-7-16-34(27)38-37(31)32)29-13-5-4-12-28(29)35(30)26-19-18-24-9-2-3-10-25(24)22-26/h2-5,7-10,12-20,22-23,28-29,31,37H,6,11,21H2,1H3. The van der Waals surface area contributed by atoms with Crippen LogP contribution >= 0.6 is 11.8 Å². The monoisotopic (exact) mass is 508 g/mol. The molecule has 0 saturated heterocycles. The Morgan fingerprint density at radius 3 is 2.50 bits per heavy atom. The fourth-order valence-electron chi connectivity index (χ4n) is 7.57. The van der Waals surface area contributed by atoms with E-state index in [1.807, 2.05) is 0 Å². The molecule has 0 N–H and O–H groups in total. The Kier molecular flexibility index (Phi) is 5.30. The van der Waals surface area contributed by atoms with Crippen LogP contribution in [0.2, 0.25) is 0 Å². The molecule has 1 heterocycles. The number of thioether (sulfide) groups is 1. The molecule has 0 nitrogen and oxygen atoms in total. The normalized spacial score (nSPS) is 31.0. The molecular weight excluding hydrogens is 476 g/mol. The maximum atomic E-state index is 2.49. The van der Waals surface area contributed by atoms with Gasteiger partial charge in [-0.1, -0.05) is 110 Å². The van der Waals surface area contributed by atoms with Gasteiger partial charge < -0.3 is 0 Å². The van der Waals surface area contributed by atoms with Gasteiger partial charge in [0.25, 0.3) is 0 Å². The summed E-state index contributed by atoms with van der Waals surface area (Å²) < 4.78 is 0. The van der Waals surface area contributed by atoms with Gasteiger partial charge in [-0.15, -0.1) is 11.8 Å². The third kappa shape index (κ3) is 3.45. The van der Waals surface area contributed by atoms with Gasteiger partial charge in [0.1, 0.15) is 0 Å². The minimum Gasteiger partial charge on any atom is -0.117 e. The number of rotatable bonds is 2. The Bertz CT molecular complexity index is 1640. The molecule has 1 aliphatic heterocycles. The molecule has 5 atom stereocenters. The van der Waals surface area contributed by atoms with Gasteiger partial charge in [-0.2, -0.15) is 0 Å². The largest absolute Gasteiger partial charge is 0.117 e. The number of fused-ring (bicyclic) bond motifs is 5. The molecule has 0 radical (unpaired) electrons. The van der Waals surface area contributed by atoms with E-state index in [4.69, 9.17) is 0 Å². The Balaban J connectivity index is 1.33. The average Bonchev–Trinajstić information content (AvgIpc) is 3.35. The molecule has 0 saturated carbocycles. The lowest BCUT2D eigenvalue weighted by Crippen LogP contribution is -2.30.